The lowest BCUT2D eigenvalue weighted by Gasteiger charge is -1.98. The van der Waals surface area contributed by atoms with E-state index in [4.69, 9.17) is 4.52 Å². The first-order valence-corrected chi connectivity index (χ1v) is 6.74. The van der Waals surface area contributed by atoms with Crippen molar-refractivity contribution in [1.82, 2.24) is 30.5 Å². The molecule has 0 spiro atoms. The van der Waals surface area contributed by atoms with Crippen LogP contribution in [0.2, 0.25) is 0 Å². The van der Waals surface area contributed by atoms with Crippen molar-refractivity contribution in [3.8, 4) is 0 Å². The molecule has 1 saturated carbocycles. The average molecular weight is 262 g/mol. The number of hydrogen-bond acceptors (Lipinski definition) is 6. The first kappa shape index (κ1) is 12.3. The van der Waals surface area contributed by atoms with Crippen molar-refractivity contribution in [1.29, 1.82) is 0 Å². The summed E-state index contributed by atoms with van der Waals surface area (Å²) in [4.78, 5) is 4.24. The maximum Gasteiger partial charge on any atom is 0.226 e. The predicted octanol–water partition coefficient (Wildman–Crippen LogP) is 0.771. The molecule has 2 aromatic heterocycles. The molecule has 2 heterocycles. The molecule has 7 heteroatoms. The van der Waals surface area contributed by atoms with Gasteiger partial charge in [0.15, 0.2) is 5.82 Å². The van der Waals surface area contributed by atoms with Crippen LogP contribution >= 0.6 is 0 Å². The standard InChI is InChI=1S/C12H18N6O/c1-2-12-14-11(16-19-12)8-18-7-10(15-17-18)6-13-5-9-3-4-9/h7,9,13H,2-6,8H2,1H3. The van der Waals surface area contributed by atoms with Gasteiger partial charge in [0.05, 0.1) is 11.9 Å². The molecule has 0 aliphatic heterocycles. The van der Waals surface area contributed by atoms with E-state index in [1.54, 1.807) is 4.68 Å². The van der Waals surface area contributed by atoms with Gasteiger partial charge >= 0.3 is 0 Å². The Labute approximate surface area is 111 Å². The molecule has 1 fully saturated rings. The lowest BCUT2D eigenvalue weighted by molar-refractivity contribution is 0.374. The summed E-state index contributed by atoms with van der Waals surface area (Å²) in [5, 5.41) is 15.5. The van der Waals surface area contributed by atoms with Crippen molar-refractivity contribution in [3.05, 3.63) is 23.6 Å². The van der Waals surface area contributed by atoms with Crippen LogP contribution in [-0.4, -0.2) is 31.7 Å². The Bertz CT molecular complexity index is 530. The summed E-state index contributed by atoms with van der Waals surface area (Å²) < 4.78 is 6.79. The summed E-state index contributed by atoms with van der Waals surface area (Å²) in [6.07, 6.45) is 5.39. The molecule has 0 unspecified atom stereocenters. The molecular formula is C12H18N6O. The summed E-state index contributed by atoms with van der Waals surface area (Å²) >= 11 is 0. The fourth-order valence-electron chi connectivity index (χ4n) is 1.87. The van der Waals surface area contributed by atoms with Gasteiger partial charge < -0.3 is 9.84 Å². The third kappa shape index (κ3) is 3.37. The molecule has 2 aromatic rings. The molecule has 1 aliphatic rings. The molecule has 7 nitrogen and oxygen atoms in total. The van der Waals surface area contributed by atoms with Gasteiger partial charge in [-0.25, -0.2) is 4.68 Å². The van der Waals surface area contributed by atoms with Crippen LogP contribution in [0.25, 0.3) is 0 Å². The van der Waals surface area contributed by atoms with Gasteiger partial charge in [-0.3, -0.25) is 0 Å². The summed E-state index contributed by atoms with van der Waals surface area (Å²) in [6.45, 7) is 4.33. The Balaban J connectivity index is 1.51. The number of hydrogen-bond donors (Lipinski definition) is 1. The fourth-order valence-corrected chi connectivity index (χ4v) is 1.87. The molecule has 0 radical (unpaired) electrons. The molecule has 0 bridgehead atoms. The number of aryl methyl sites for hydroxylation is 1. The van der Waals surface area contributed by atoms with Gasteiger partial charge in [-0.15, -0.1) is 5.10 Å². The Morgan fingerprint density at radius 1 is 1.47 bits per heavy atom. The Morgan fingerprint density at radius 3 is 3.11 bits per heavy atom. The first-order chi connectivity index (χ1) is 9.33. The second-order valence-electron chi connectivity index (χ2n) is 4.94. The monoisotopic (exact) mass is 262 g/mol. The van der Waals surface area contributed by atoms with Gasteiger partial charge in [-0.2, -0.15) is 4.98 Å². The molecule has 0 aromatic carbocycles. The highest BCUT2D eigenvalue weighted by atomic mass is 16.5. The zero-order valence-electron chi connectivity index (χ0n) is 11.0. The van der Waals surface area contributed by atoms with Gasteiger partial charge in [0, 0.05) is 13.0 Å². The predicted molar refractivity (Wildman–Crippen MR) is 67.2 cm³/mol. The van der Waals surface area contributed by atoms with E-state index in [1.165, 1.54) is 12.8 Å². The van der Waals surface area contributed by atoms with Crippen LogP contribution in [0.3, 0.4) is 0 Å². The largest absolute Gasteiger partial charge is 0.339 e. The summed E-state index contributed by atoms with van der Waals surface area (Å²) in [5.41, 5.74) is 0.944. The highest BCUT2D eigenvalue weighted by molar-refractivity contribution is 4.94. The highest BCUT2D eigenvalue weighted by Crippen LogP contribution is 2.27. The fraction of sp³-hybridized carbons (Fsp3) is 0.667. The zero-order valence-corrected chi connectivity index (χ0v) is 11.0. The van der Waals surface area contributed by atoms with E-state index in [0.717, 1.165) is 31.1 Å². The molecule has 1 aliphatic carbocycles. The molecule has 19 heavy (non-hydrogen) atoms. The van der Waals surface area contributed by atoms with E-state index in [0.29, 0.717) is 18.3 Å². The van der Waals surface area contributed by atoms with Gasteiger partial charge in [-0.1, -0.05) is 17.3 Å². The van der Waals surface area contributed by atoms with E-state index in [2.05, 4.69) is 25.8 Å². The Kier molecular flexibility index (Phi) is 3.54. The van der Waals surface area contributed by atoms with E-state index >= 15 is 0 Å². The van der Waals surface area contributed by atoms with E-state index in [-0.39, 0.29) is 0 Å². The van der Waals surface area contributed by atoms with Crippen molar-refractivity contribution in [2.45, 2.75) is 39.3 Å². The highest BCUT2D eigenvalue weighted by Gasteiger charge is 2.20. The molecule has 0 atom stereocenters. The van der Waals surface area contributed by atoms with Crippen LogP contribution in [0, 0.1) is 5.92 Å². The Morgan fingerprint density at radius 2 is 2.37 bits per heavy atom. The van der Waals surface area contributed by atoms with Crippen LogP contribution in [-0.2, 0) is 19.5 Å². The summed E-state index contributed by atoms with van der Waals surface area (Å²) in [6, 6.07) is 0. The smallest absolute Gasteiger partial charge is 0.226 e. The average Bonchev–Trinajstić information content (AvgIpc) is 2.96. The van der Waals surface area contributed by atoms with E-state index in [1.807, 2.05) is 13.1 Å². The third-order valence-corrected chi connectivity index (χ3v) is 3.14. The first-order valence-electron chi connectivity index (χ1n) is 6.74. The summed E-state index contributed by atoms with van der Waals surface area (Å²) in [5.74, 6) is 2.17. The van der Waals surface area contributed by atoms with E-state index < -0.39 is 0 Å². The van der Waals surface area contributed by atoms with Crippen LogP contribution < -0.4 is 5.32 Å². The van der Waals surface area contributed by atoms with Crippen LogP contribution in [0.4, 0.5) is 0 Å². The maximum atomic E-state index is 5.06. The van der Waals surface area contributed by atoms with Crippen LogP contribution in [0.1, 0.15) is 37.2 Å². The molecule has 3 rings (SSSR count). The van der Waals surface area contributed by atoms with Crippen molar-refractivity contribution in [3.63, 3.8) is 0 Å². The quantitative estimate of drug-likeness (QED) is 0.793. The van der Waals surface area contributed by atoms with Gasteiger partial charge in [-0.05, 0) is 25.3 Å². The normalized spacial score (nSPS) is 15.0. The topological polar surface area (TPSA) is 81.7 Å². The minimum Gasteiger partial charge on any atom is -0.339 e. The minimum atomic E-state index is 0.499. The molecule has 0 saturated heterocycles. The number of nitrogens with zero attached hydrogens (tertiary/aromatic N) is 5. The number of aromatic nitrogens is 5. The number of nitrogens with one attached hydrogen (secondary N) is 1. The van der Waals surface area contributed by atoms with Gasteiger partial charge in [0.2, 0.25) is 5.89 Å². The van der Waals surface area contributed by atoms with Gasteiger partial charge in [0.1, 0.15) is 6.54 Å². The molecule has 102 valence electrons. The SMILES string of the molecule is CCc1nc(Cn2cc(CNCC3CC3)nn2)no1. The minimum absolute atomic E-state index is 0.499. The van der Waals surface area contributed by atoms with Crippen molar-refractivity contribution < 1.29 is 4.52 Å². The van der Waals surface area contributed by atoms with Gasteiger partial charge in [0.25, 0.3) is 0 Å². The molecule has 1 N–H and O–H groups in total. The maximum absolute atomic E-state index is 5.06. The lowest BCUT2D eigenvalue weighted by Crippen LogP contribution is -2.16. The van der Waals surface area contributed by atoms with Crippen molar-refractivity contribution in [2.75, 3.05) is 6.54 Å². The van der Waals surface area contributed by atoms with Crippen molar-refractivity contribution >= 4 is 0 Å². The second-order valence-corrected chi connectivity index (χ2v) is 4.94. The molecular weight excluding hydrogens is 244 g/mol. The van der Waals surface area contributed by atoms with Crippen molar-refractivity contribution in [2.24, 2.45) is 5.92 Å². The van der Waals surface area contributed by atoms with Crippen LogP contribution in [0.5, 0.6) is 0 Å². The number of rotatable bonds is 7. The zero-order chi connectivity index (χ0) is 13.1. The lowest BCUT2D eigenvalue weighted by atomic mass is 10.4. The summed E-state index contributed by atoms with van der Waals surface area (Å²) in [7, 11) is 0. The van der Waals surface area contributed by atoms with E-state index in [9.17, 15) is 0 Å². The third-order valence-electron chi connectivity index (χ3n) is 3.14. The Hall–Kier alpha value is -1.76. The second kappa shape index (κ2) is 5.48. The molecule has 0 amide bonds. The van der Waals surface area contributed by atoms with Crippen LogP contribution in [0.15, 0.2) is 10.7 Å².